The van der Waals surface area contributed by atoms with Gasteiger partial charge in [0.05, 0.1) is 23.5 Å². The maximum Gasteiger partial charge on any atom is 0.433 e. The van der Waals surface area contributed by atoms with E-state index >= 15 is 0 Å². The molecule has 0 fully saturated rings. The molecule has 0 unspecified atom stereocenters. The highest BCUT2D eigenvalue weighted by atomic mass is 32.2. The lowest BCUT2D eigenvalue weighted by Gasteiger charge is -2.17. The average Bonchev–Trinajstić information content (AvgIpc) is 3.50. The molecule has 2 aliphatic rings. The van der Waals surface area contributed by atoms with Gasteiger partial charge in [-0.25, -0.2) is 4.98 Å². The Kier molecular flexibility index (Phi) is 5.29. The van der Waals surface area contributed by atoms with E-state index in [0.717, 1.165) is 11.8 Å². The van der Waals surface area contributed by atoms with Crippen LogP contribution < -0.4 is 14.8 Å². The van der Waals surface area contributed by atoms with Crippen LogP contribution in [0.4, 0.5) is 24.8 Å². The first kappa shape index (κ1) is 22.0. The lowest BCUT2D eigenvalue weighted by atomic mass is 10.1. The lowest BCUT2D eigenvalue weighted by molar-refractivity contribution is -0.141. The van der Waals surface area contributed by atoms with Gasteiger partial charge in [0.2, 0.25) is 5.95 Å². The van der Waals surface area contributed by atoms with Crippen LogP contribution in [0.2, 0.25) is 0 Å². The van der Waals surface area contributed by atoms with Crippen LogP contribution in [0.15, 0.2) is 96.7 Å². The fourth-order valence-electron chi connectivity index (χ4n) is 3.63. The Balaban J connectivity index is 1.25. The van der Waals surface area contributed by atoms with Crippen LogP contribution in [-0.2, 0) is 6.18 Å². The van der Waals surface area contributed by atoms with E-state index in [-0.39, 0.29) is 17.4 Å². The van der Waals surface area contributed by atoms with Gasteiger partial charge in [0.15, 0.2) is 5.69 Å². The van der Waals surface area contributed by atoms with Crippen LogP contribution in [0.25, 0.3) is 17.0 Å². The van der Waals surface area contributed by atoms with Gasteiger partial charge in [-0.3, -0.25) is 4.31 Å². The smallest absolute Gasteiger partial charge is 0.433 e. The molecule has 4 aromatic rings. The summed E-state index contributed by atoms with van der Waals surface area (Å²) in [4.78, 5) is 7.85. The van der Waals surface area contributed by atoms with E-state index < -0.39 is 11.9 Å². The summed E-state index contributed by atoms with van der Waals surface area (Å²) in [5.41, 5.74) is 1.37. The molecular weight excluding hydrogens is 491 g/mol. The second-order valence-electron chi connectivity index (χ2n) is 7.76. The Bertz CT molecular complexity index is 1530. The van der Waals surface area contributed by atoms with Gasteiger partial charge in [0, 0.05) is 29.7 Å². The van der Waals surface area contributed by atoms with Gasteiger partial charge in [0.25, 0.3) is 5.78 Å². The highest BCUT2D eigenvalue weighted by Gasteiger charge is 2.34. The molecule has 2 aromatic heterocycles. The summed E-state index contributed by atoms with van der Waals surface area (Å²) in [7, 11) is 0. The molecule has 0 saturated carbocycles. The van der Waals surface area contributed by atoms with Crippen molar-refractivity contribution in [3.05, 3.63) is 102 Å². The van der Waals surface area contributed by atoms with Crippen molar-refractivity contribution in [2.75, 3.05) is 5.32 Å². The third kappa shape index (κ3) is 4.33. The molecule has 0 aliphatic carbocycles. The largest absolute Gasteiger partial charge is 0.457 e. The topological polar surface area (TPSA) is 79.6 Å². The Labute approximate surface area is 207 Å². The van der Waals surface area contributed by atoms with Crippen LogP contribution in [0.1, 0.15) is 5.69 Å². The number of allylic oxidation sites excluding steroid dienone is 2. The molecule has 12 heteroatoms. The minimum Gasteiger partial charge on any atom is -0.457 e. The van der Waals surface area contributed by atoms with Gasteiger partial charge in [-0.1, -0.05) is 30.3 Å². The number of ether oxygens (including phenoxy) is 1. The van der Waals surface area contributed by atoms with Crippen molar-refractivity contribution in [3.63, 3.8) is 0 Å². The number of hydrogen-bond donors (Lipinski definition) is 2. The van der Waals surface area contributed by atoms with Gasteiger partial charge in [-0.2, -0.15) is 22.7 Å². The van der Waals surface area contributed by atoms with Crippen LogP contribution in [-0.4, -0.2) is 23.9 Å². The molecule has 2 N–H and O–H groups in total. The first-order chi connectivity index (χ1) is 17.4. The van der Waals surface area contributed by atoms with Gasteiger partial charge in [0.1, 0.15) is 11.5 Å². The Morgan fingerprint density at radius 1 is 1.00 bits per heavy atom. The minimum atomic E-state index is -4.62. The number of alkyl halides is 3. The molecule has 36 heavy (non-hydrogen) atoms. The second kappa shape index (κ2) is 8.64. The fourth-order valence-corrected chi connectivity index (χ4v) is 4.25. The maximum absolute atomic E-state index is 13.5. The predicted molar refractivity (Wildman–Crippen MR) is 129 cm³/mol. The Morgan fingerprint density at radius 3 is 2.58 bits per heavy atom. The van der Waals surface area contributed by atoms with E-state index in [2.05, 4.69) is 25.1 Å². The van der Waals surface area contributed by atoms with Crippen LogP contribution in [0, 0.1) is 0 Å². The zero-order chi connectivity index (χ0) is 24.7. The average molecular weight is 508 g/mol. The number of fused-ring (bicyclic) bond motifs is 2. The fraction of sp³-hybridized carbons (Fsp3) is 0.0417. The van der Waals surface area contributed by atoms with Crippen molar-refractivity contribution in [2.24, 2.45) is 0 Å². The van der Waals surface area contributed by atoms with Gasteiger partial charge in [-0.15, -0.1) is 5.10 Å². The molecule has 180 valence electrons. The van der Waals surface area contributed by atoms with E-state index in [0.29, 0.717) is 22.8 Å². The molecule has 4 heterocycles. The number of benzene rings is 2. The van der Waals surface area contributed by atoms with Crippen molar-refractivity contribution >= 4 is 29.5 Å². The van der Waals surface area contributed by atoms with Gasteiger partial charge >= 0.3 is 6.18 Å². The normalized spacial score (nSPS) is 14.8. The number of halogens is 3. The highest BCUT2D eigenvalue weighted by molar-refractivity contribution is 7.95. The number of anilines is 2. The van der Waals surface area contributed by atoms with E-state index in [1.807, 2.05) is 28.9 Å². The summed E-state index contributed by atoms with van der Waals surface area (Å²) in [6.45, 7) is 0. The van der Waals surface area contributed by atoms with Crippen molar-refractivity contribution in [3.8, 4) is 17.0 Å². The third-order valence-corrected chi connectivity index (χ3v) is 6.05. The molecule has 6 rings (SSSR count). The highest BCUT2D eigenvalue weighted by Crippen LogP contribution is 2.32. The quantitative estimate of drug-likeness (QED) is 0.336. The van der Waals surface area contributed by atoms with Crippen LogP contribution in [0.5, 0.6) is 5.75 Å². The first-order valence-corrected chi connectivity index (χ1v) is 11.5. The zero-order valence-corrected chi connectivity index (χ0v) is 19.1. The number of rotatable bonds is 5. The third-order valence-electron chi connectivity index (χ3n) is 5.29. The van der Waals surface area contributed by atoms with Crippen LogP contribution in [0.3, 0.4) is 0 Å². The summed E-state index contributed by atoms with van der Waals surface area (Å²) in [5.74, 6) is 1.26. The van der Waals surface area contributed by atoms with Crippen molar-refractivity contribution in [1.29, 1.82) is 0 Å². The first-order valence-electron chi connectivity index (χ1n) is 10.7. The second-order valence-corrected chi connectivity index (χ2v) is 8.57. The summed E-state index contributed by atoms with van der Waals surface area (Å²) in [6.07, 6.45) is 2.93. The van der Waals surface area contributed by atoms with Crippen molar-refractivity contribution < 1.29 is 17.9 Å². The van der Waals surface area contributed by atoms with Gasteiger partial charge in [-0.05, 0) is 36.4 Å². The molecule has 0 saturated heterocycles. The molecule has 2 aliphatic heterocycles. The predicted octanol–water partition coefficient (Wildman–Crippen LogP) is 5.65. The summed E-state index contributed by atoms with van der Waals surface area (Å²) in [5, 5.41) is 7.37. The molecule has 0 bridgehead atoms. The molecule has 2 aromatic carbocycles. The van der Waals surface area contributed by atoms with Gasteiger partial charge < -0.3 is 14.8 Å². The summed E-state index contributed by atoms with van der Waals surface area (Å²) < 4.78 is 52.6. The SMILES string of the molecule is FC(F)(F)c1cc(-c2ccccc2)n2nc(Nc3ccc(OC4=CC5=CNSN5C=C4)cc3)nc2n1. The lowest BCUT2D eigenvalue weighted by Crippen LogP contribution is -2.11. The molecule has 0 radical (unpaired) electrons. The monoisotopic (exact) mass is 507 g/mol. The van der Waals surface area contributed by atoms with Crippen LogP contribution >= 0.6 is 12.1 Å². The molecular formula is C24H16F3N7OS. The Hall–Kier alpha value is -4.45. The van der Waals surface area contributed by atoms with Crippen molar-refractivity contribution in [1.82, 2.24) is 28.6 Å². The minimum absolute atomic E-state index is 0.115. The van der Waals surface area contributed by atoms with E-state index in [1.54, 1.807) is 54.6 Å². The van der Waals surface area contributed by atoms with E-state index in [1.165, 1.54) is 16.6 Å². The maximum atomic E-state index is 13.5. The Morgan fingerprint density at radius 2 is 1.81 bits per heavy atom. The molecule has 0 spiro atoms. The number of nitrogens with zero attached hydrogens (tertiary/aromatic N) is 5. The standard InChI is InChI=1S/C24H16F3N7OS/c25-24(26,27)21-13-20(15-4-2-1-3-5-15)34-23(30-21)31-22(32-34)29-16-6-8-18(9-7-16)35-19-10-11-33-17(12-19)14-28-36-33/h1-14,28H,(H,29,32). The van der Waals surface area contributed by atoms with Crippen molar-refractivity contribution in [2.45, 2.75) is 6.18 Å². The number of nitrogens with one attached hydrogen (secondary N) is 2. The molecule has 0 atom stereocenters. The number of hydrogen-bond acceptors (Lipinski definition) is 8. The zero-order valence-electron chi connectivity index (χ0n) is 18.3. The summed E-state index contributed by atoms with van der Waals surface area (Å²) in [6, 6.07) is 16.7. The van der Waals surface area contributed by atoms with E-state index in [4.69, 9.17) is 4.74 Å². The van der Waals surface area contributed by atoms with E-state index in [9.17, 15) is 13.2 Å². The number of aromatic nitrogens is 4. The molecule has 8 nitrogen and oxygen atoms in total. The summed E-state index contributed by atoms with van der Waals surface area (Å²) >= 11 is 1.46. The molecule has 0 amide bonds.